The van der Waals surface area contributed by atoms with E-state index in [4.69, 9.17) is 19.3 Å². The number of aryl methyl sites for hydroxylation is 1. The first kappa shape index (κ1) is 22.8. The summed E-state index contributed by atoms with van der Waals surface area (Å²) in [4.78, 5) is 1.27. The van der Waals surface area contributed by atoms with Crippen LogP contribution in [0.5, 0.6) is 0 Å². The first-order chi connectivity index (χ1) is 11.3. The molecule has 0 saturated carbocycles. The number of benzene rings is 1. The Morgan fingerprint density at radius 3 is 1.91 bits per heavy atom. The smallest absolute Gasteiger partial charge is 0.0701 e. The fraction of sp³-hybridized carbons (Fsp3) is 0.647. The zero-order chi connectivity index (χ0) is 17.2. The van der Waals surface area contributed by atoms with Crippen LogP contribution in [0.4, 0.5) is 0 Å². The van der Waals surface area contributed by atoms with E-state index in [1.165, 1.54) is 10.5 Å². The first-order valence-electron chi connectivity index (χ1n) is 8.03. The van der Waals surface area contributed by atoms with Gasteiger partial charge < -0.3 is 19.3 Å². The van der Waals surface area contributed by atoms with Gasteiger partial charge in [-0.3, -0.25) is 0 Å². The van der Waals surface area contributed by atoms with Gasteiger partial charge in [0.1, 0.15) is 0 Å². The van der Waals surface area contributed by atoms with Crippen molar-refractivity contribution in [2.75, 3.05) is 52.0 Å². The maximum atomic E-state index is 8.51. The molecule has 0 atom stereocenters. The second-order valence-electron chi connectivity index (χ2n) is 4.28. The van der Waals surface area contributed by atoms with Crippen molar-refractivity contribution in [2.24, 2.45) is 0 Å². The van der Waals surface area contributed by atoms with Gasteiger partial charge in [0.2, 0.25) is 0 Å². The molecule has 4 nitrogen and oxygen atoms in total. The molecule has 1 rings (SSSR count). The molecule has 0 aliphatic heterocycles. The number of aliphatic hydroxyl groups is 1. The number of hydrogen-bond donors (Lipinski definition) is 1. The van der Waals surface area contributed by atoms with Gasteiger partial charge in [-0.05, 0) is 19.1 Å². The Kier molecular flexibility index (Phi) is 17.9. The zero-order valence-electron chi connectivity index (χ0n) is 14.5. The molecule has 0 radical (unpaired) electrons. The van der Waals surface area contributed by atoms with Crippen LogP contribution in [0, 0.1) is 6.92 Å². The molecule has 134 valence electrons. The van der Waals surface area contributed by atoms with Gasteiger partial charge in [-0.15, -0.1) is 0 Å². The van der Waals surface area contributed by atoms with E-state index in [2.05, 4.69) is 31.2 Å². The van der Waals surface area contributed by atoms with Gasteiger partial charge in [0.05, 0.1) is 46.2 Å². The van der Waals surface area contributed by atoms with Crippen molar-refractivity contribution in [1.82, 2.24) is 0 Å². The fourth-order valence-corrected chi connectivity index (χ4v) is 3.25. The van der Waals surface area contributed by atoms with Crippen LogP contribution in [0.15, 0.2) is 29.2 Å². The van der Waals surface area contributed by atoms with Gasteiger partial charge >= 0.3 is 0 Å². The number of hydrogen-bond acceptors (Lipinski definition) is 6. The van der Waals surface area contributed by atoms with Crippen molar-refractivity contribution < 1.29 is 19.3 Å². The highest BCUT2D eigenvalue weighted by atomic mass is 33.1. The van der Waals surface area contributed by atoms with E-state index in [0.717, 1.165) is 12.4 Å². The molecule has 0 spiro atoms. The highest BCUT2D eigenvalue weighted by molar-refractivity contribution is 8.76. The molecular weight excluding hydrogens is 332 g/mol. The van der Waals surface area contributed by atoms with Crippen LogP contribution in [0.25, 0.3) is 0 Å². The van der Waals surface area contributed by atoms with E-state index < -0.39 is 0 Å². The van der Waals surface area contributed by atoms with Crippen LogP contribution < -0.4 is 0 Å². The van der Waals surface area contributed by atoms with Crippen molar-refractivity contribution in [3.8, 4) is 0 Å². The molecule has 0 unspecified atom stereocenters. The monoisotopic (exact) mass is 362 g/mol. The minimum absolute atomic E-state index is 0.0569. The van der Waals surface area contributed by atoms with E-state index in [9.17, 15) is 0 Å². The summed E-state index contributed by atoms with van der Waals surface area (Å²) in [5.74, 6) is 0.957. The lowest BCUT2D eigenvalue weighted by molar-refractivity contribution is 0.0100. The summed E-state index contributed by atoms with van der Waals surface area (Å²) in [6, 6.07) is 8.53. The summed E-state index contributed by atoms with van der Waals surface area (Å²) in [7, 11) is 3.57. The molecule has 0 saturated heterocycles. The summed E-state index contributed by atoms with van der Waals surface area (Å²) < 4.78 is 15.9. The quantitative estimate of drug-likeness (QED) is 0.425. The van der Waals surface area contributed by atoms with Crippen molar-refractivity contribution >= 4 is 21.6 Å². The minimum atomic E-state index is 0.0569. The van der Waals surface area contributed by atoms with Crippen LogP contribution >= 0.6 is 21.6 Å². The largest absolute Gasteiger partial charge is 0.394 e. The number of rotatable bonds is 13. The van der Waals surface area contributed by atoms with Gasteiger partial charge in [0.25, 0.3) is 0 Å². The average molecular weight is 363 g/mol. The summed E-state index contributed by atoms with van der Waals surface area (Å²) in [5, 5.41) is 8.51. The van der Waals surface area contributed by atoms with Gasteiger partial charge in [-0.25, -0.2) is 0 Å². The Morgan fingerprint density at radius 1 is 0.826 bits per heavy atom. The first-order valence-corrected chi connectivity index (χ1v) is 10.3. The topological polar surface area (TPSA) is 47.9 Å². The predicted molar refractivity (Wildman–Crippen MR) is 100 cm³/mol. The lowest BCUT2D eigenvalue weighted by Gasteiger charge is -2.06. The molecule has 0 bridgehead atoms. The third-order valence-corrected chi connectivity index (χ3v) is 4.81. The van der Waals surface area contributed by atoms with Crippen LogP contribution in [0.3, 0.4) is 0 Å². The van der Waals surface area contributed by atoms with E-state index in [0.29, 0.717) is 33.0 Å². The standard InChI is InChI=1S/C15H24O4S2.C2H6/c1-14-2-4-15(5-3-14)21-20-13-12-19-11-10-18-9-8-17-7-6-16;1-2/h2-5,16H,6-13H2,1H3;1-2H3. The van der Waals surface area contributed by atoms with Crippen molar-refractivity contribution in [3.63, 3.8) is 0 Å². The van der Waals surface area contributed by atoms with Gasteiger partial charge in [0.15, 0.2) is 0 Å². The maximum absolute atomic E-state index is 8.51. The van der Waals surface area contributed by atoms with Crippen molar-refractivity contribution in [2.45, 2.75) is 25.7 Å². The predicted octanol–water partition coefficient (Wildman–Crippen LogP) is 3.80. The Morgan fingerprint density at radius 2 is 1.35 bits per heavy atom. The Labute approximate surface area is 148 Å². The molecule has 6 heteroatoms. The van der Waals surface area contributed by atoms with Crippen LogP contribution in [0.2, 0.25) is 0 Å². The van der Waals surface area contributed by atoms with Crippen LogP contribution in [-0.4, -0.2) is 57.1 Å². The van der Waals surface area contributed by atoms with E-state index in [-0.39, 0.29) is 6.61 Å². The Hall–Kier alpha value is -0.240. The molecule has 23 heavy (non-hydrogen) atoms. The summed E-state index contributed by atoms with van der Waals surface area (Å²) >= 11 is 0. The molecule has 0 fully saturated rings. The number of aliphatic hydroxyl groups excluding tert-OH is 1. The van der Waals surface area contributed by atoms with Gasteiger partial charge in [0, 0.05) is 10.6 Å². The third-order valence-electron chi connectivity index (χ3n) is 2.47. The summed E-state index contributed by atoms with van der Waals surface area (Å²) in [6.07, 6.45) is 0. The average Bonchev–Trinajstić information content (AvgIpc) is 2.59. The molecule has 0 aliphatic rings. The molecule has 1 aromatic rings. The van der Waals surface area contributed by atoms with Crippen LogP contribution in [0.1, 0.15) is 19.4 Å². The second kappa shape index (κ2) is 18.1. The number of ether oxygens (including phenoxy) is 3. The molecular formula is C17H30O4S2. The Bertz CT molecular complexity index is 347. The lowest BCUT2D eigenvalue weighted by Crippen LogP contribution is -2.11. The van der Waals surface area contributed by atoms with Crippen molar-refractivity contribution in [1.29, 1.82) is 0 Å². The molecule has 0 aromatic heterocycles. The molecule has 0 heterocycles. The fourth-order valence-electron chi connectivity index (χ4n) is 1.40. The highest BCUT2D eigenvalue weighted by Crippen LogP contribution is 2.30. The van der Waals surface area contributed by atoms with E-state index >= 15 is 0 Å². The Balaban J connectivity index is 0.00000232. The van der Waals surface area contributed by atoms with Gasteiger partial charge in [-0.1, -0.05) is 53.1 Å². The summed E-state index contributed by atoms with van der Waals surface area (Å²) in [6.45, 7) is 9.50. The van der Waals surface area contributed by atoms with Gasteiger partial charge in [-0.2, -0.15) is 0 Å². The molecule has 0 aliphatic carbocycles. The minimum Gasteiger partial charge on any atom is -0.394 e. The van der Waals surface area contributed by atoms with E-state index in [1.807, 2.05) is 13.8 Å². The molecule has 1 N–H and O–H groups in total. The zero-order valence-corrected chi connectivity index (χ0v) is 16.1. The third kappa shape index (κ3) is 15.1. The lowest BCUT2D eigenvalue weighted by atomic mass is 10.2. The van der Waals surface area contributed by atoms with E-state index in [1.54, 1.807) is 21.6 Å². The maximum Gasteiger partial charge on any atom is 0.0701 e. The normalized spacial score (nSPS) is 10.3. The summed E-state index contributed by atoms with van der Waals surface area (Å²) in [5.41, 5.74) is 1.29. The second-order valence-corrected chi connectivity index (χ2v) is 6.77. The highest BCUT2D eigenvalue weighted by Gasteiger charge is 1.95. The SMILES string of the molecule is CC.Cc1ccc(SSCCOCCOCCOCCO)cc1. The molecule has 0 amide bonds. The van der Waals surface area contributed by atoms with Crippen LogP contribution in [-0.2, 0) is 14.2 Å². The van der Waals surface area contributed by atoms with Crippen molar-refractivity contribution in [3.05, 3.63) is 29.8 Å². The molecule has 1 aromatic carbocycles.